The zero-order chi connectivity index (χ0) is 14.0. The summed E-state index contributed by atoms with van der Waals surface area (Å²) in [7, 11) is 0. The lowest BCUT2D eigenvalue weighted by molar-refractivity contribution is 0.472. The quantitative estimate of drug-likeness (QED) is 0.829. The highest BCUT2D eigenvalue weighted by Gasteiger charge is 2.21. The largest absolute Gasteiger partial charge is 0.353 e. The van der Waals surface area contributed by atoms with E-state index in [1.807, 2.05) is 13.1 Å². The molecule has 19 heavy (non-hydrogen) atoms. The standard InChI is InChI=1S/C16H25N3/c1-12(17)13-5-6-15(18-11-13)19-9-7-14(8-10-19)16(2,3)4/h5-7,11-12H,8-10,17H2,1-4H3/t12-/m0/s1. The van der Waals surface area contributed by atoms with E-state index in [1.165, 1.54) is 0 Å². The Kier molecular flexibility index (Phi) is 3.95. The molecule has 2 heterocycles. The molecule has 0 radical (unpaired) electrons. The van der Waals surface area contributed by atoms with E-state index in [-0.39, 0.29) is 6.04 Å². The molecule has 3 heteroatoms. The van der Waals surface area contributed by atoms with Crippen molar-refractivity contribution in [3.8, 4) is 0 Å². The number of hydrogen-bond donors (Lipinski definition) is 1. The number of rotatable bonds is 2. The van der Waals surface area contributed by atoms with E-state index in [0.717, 1.165) is 30.9 Å². The Morgan fingerprint density at radius 1 is 1.32 bits per heavy atom. The van der Waals surface area contributed by atoms with Crippen molar-refractivity contribution in [3.63, 3.8) is 0 Å². The van der Waals surface area contributed by atoms with Crippen molar-refractivity contribution in [2.75, 3.05) is 18.0 Å². The van der Waals surface area contributed by atoms with Gasteiger partial charge in [0, 0.05) is 25.3 Å². The molecule has 1 aliphatic rings. The third kappa shape index (κ3) is 3.35. The molecule has 1 atom stereocenters. The summed E-state index contributed by atoms with van der Waals surface area (Å²) in [6.45, 7) is 10.8. The maximum Gasteiger partial charge on any atom is 0.128 e. The zero-order valence-electron chi connectivity index (χ0n) is 12.5. The molecule has 0 amide bonds. The third-order valence-electron chi connectivity index (χ3n) is 3.79. The van der Waals surface area contributed by atoms with Gasteiger partial charge in [0.1, 0.15) is 5.82 Å². The van der Waals surface area contributed by atoms with Gasteiger partial charge >= 0.3 is 0 Å². The van der Waals surface area contributed by atoms with Crippen molar-refractivity contribution < 1.29 is 0 Å². The van der Waals surface area contributed by atoms with Crippen molar-refractivity contribution in [3.05, 3.63) is 35.5 Å². The molecule has 1 aromatic rings. The van der Waals surface area contributed by atoms with E-state index < -0.39 is 0 Å². The van der Waals surface area contributed by atoms with E-state index in [0.29, 0.717) is 5.41 Å². The number of nitrogens with zero attached hydrogens (tertiary/aromatic N) is 2. The molecule has 2 rings (SSSR count). The molecule has 3 nitrogen and oxygen atoms in total. The lowest BCUT2D eigenvalue weighted by Gasteiger charge is -2.32. The first-order chi connectivity index (χ1) is 8.88. The van der Waals surface area contributed by atoms with Gasteiger partial charge in [0.2, 0.25) is 0 Å². The molecule has 1 aliphatic heterocycles. The minimum Gasteiger partial charge on any atom is -0.353 e. The first-order valence-corrected chi connectivity index (χ1v) is 7.04. The summed E-state index contributed by atoms with van der Waals surface area (Å²) < 4.78 is 0. The molecule has 0 fully saturated rings. The number of aromatic nitrogens is 1. The van der Waals surface area contributed by atoms with Gasteiger partial charge in [-0.25, -0.2) is 4.98 Å². The monoisotopic (exact) mass is 259 g/mol. The summed E-state index contributed by atoms with van der Waals surface area (Å²) in [5, 5.41) is 0. The van der Waals surface area contributed by atoms with E-state index >= 15 is 0 Å². The molecule has 0 saturated heterocycles. The summed E-state index contributed by atoms with van der Waals surface area (Å²) in [6, 6.07) is 4.21. The second kappa shape index (κ2) is 5.33. The molecule has 104 valence electrons. The highest BCUT2D eigenvalue weighted by Crippen LogP contribution is 2.31. The van der Waals surface area contributed by atoms with Crippen molar-refractivity contribution in [2.45, 2.75) is 40.2 Å². The number of pyridine rings is 1. The number of nitrogens with two attached hydrogens (primary N) is 1. The summed E-state index contributed by atoms with van der Waals surface area (Å²) in [4.78, 5) is 6.85. The highest BCUT2D eigenvalue weighted by molar-refractivity contribution is 5.42. The van der Waals surface area contributed by atoms with E-state index in [1.54, 1.807) is 5.57 Å². The van der Waals surface area contributed by atoms with Crippen molar-refractivity contribution >= 4 is 5.82 Å². The molecular weight excluding hydrogens is 234 g/mol. The summed E-state index contributed by atoms with van der Waals surface area (Å²) in [5.74, 6) is 1.05. The summed E-state index contributed by atoms with van der Waals surface area (Å²) in [6.07, 6.45) is 5.37. The SMILES string of the molecule is C[C@H](N)c1ccc(N2CC=C(C(C)(C)C)CC2)nc1. The Balaban J connectivity index is 2.07. The van der Waals surface area contributed by atoms with Crippen molar-refractivity contribution in [1.82, 2.24) is 4.98 Å². The highest BCUT2D eigenvalue weighted by atomic mass is 15.2. The van der Waals surface area contributed by atoms with Gasteiger partial charge in [-0.3, -0.25) is 0 Å². The third-order valence-corrected chi connectivity index (χ3v) is 3.79. The van der Waals surface area contributed by atoms with Crippen LogP contribution in [0.1, 0.15) is 45.7 Å². The Labute approximate surface area is 116 Å². The first kappa shape index (κ1) is 14.1. The van der Waals surface area contributed by atoms with Gasteiger partial charge < -0.3 is 10.6 Å². The normalized spacial score (nSPS) is 18.2. The molecular formula is C16H25N3. The van der Waals surface area contributed by atoms with Crippen LogP contribution >= 0.6 is 0 Å². The van der Waals surface area contributed by atoms with Crippen LogP contribution in [0.2, 0.25) is 0 Å². The predicted octanol–water partition coefficient (Wildman–Crippen LogP) is 3.28. The maximum absolute atomic E-state index is 5.85. The number of hydrogen-bond acceptors (Lipinski definition) is 3. The lowest BCUT2D eigenvalue weighted by atomic mass is 9.83. The average Bonchev–Trinajstić information content (AvgIpc) is 2.38. The molecule has 2 N–H and O–H groups in total. The minimum atomic E-state index is 0.0512. The van der Waals surface area contributed by atoms with E-state index in [4.69, 9.17) is 5.73 Å². The topological polar surface area (TPSA) is 42.1 Å². The Bertz CT molecular complexity index is 452. The summed E-state index contributed by atoms with van der Waals surface area (Å²) >= 11 is 0. The summed E-state index contributed by atoms with van der Waals surface area (Å²) in [5.41, 5.74) is 8.78. The fourth-order valence-corrected chi connectivity index (χ4v) is 2.41. The molecule has 0 aliphatic carbocycles. The zero-order valence-corrected chi connectivity index (χ0v) is 12.5. The molecule has 0 bridgehead atoms. The van der Waals surface area contributed by atoms with Gasteiger partial charge in [-0.1, -0.05) is 38.5 Å². The lowest BCUT2D eigenvalue weighted by Crippen LogP contribution is -2.31. The molecule has 0 unspecified atom stereocenters. The molecule has 0 aromatic carbocycles. The van der Waals surface area contributed by atoms with Crippen LogP contribution in [0.3, 0.4) is 0 Å². The second-order valence-corrected chi connectivity index (χ2v) is 6.41. The fraction of sp³-hybridized carbons (Fsp3) is 0.562. The predicted molar refractivity (Wildman–Crippen MR) is 81.2 cm³/mol. The van der Waals surface area contributed by atoms with Crippen LogP contribution in [-0.2, 0) is 0 Å². The van der Waals surface area contributed by atoms with Crippen LogP contribution in [0.4, 0.5) is 5.82 Å². The Hall–Kier alpha value is -1.35. The van der Waals surface area contributed by atoms with Crippen molar-refractivity contribution in [2.24, 2.45) is 11.1 Å². The van der Waals surface area contributed by atoms with Crippen LogP contribution in [0, 0.1) is 5.41 Å². The van der Waals surface area contributed by atoms with E-state index in [2.05, 4.69) is 48.9 Å². The van der Waals surface area contributed by atoms with Gasteiger partial charge in [-0.2, -0.15) is 0 Å². The average molecular weight is 259 g/mol. The van der Waals surface area contributed by atoms with Gasteiger partial charge in [0.15, 0.2) is 0 Å². The first-order valence-electron chi connectivity index (χ1n) is 7.04. The molecule has 1 aromatic heterocycles. The van der Waals surface area contributed by atoms with Gasteiger partial charge in [-0.15, -0.1) is 0 Å². The smallest absolute Gasteiger partial charge is 0.128 e. The van der Waals surface area contributed by atoms with Crippen molar-refractivity contribution in [1.29, 1.82) is 0 Å². The van der Waals surface area contributed by atoms with Crippen LogP contribution in [-0.4, -0.2) is 18.1 Å². The van der Waals surface area contributed by atoms with Gasteiger partial charge in [0.05, 0.1) is 0 Å². The molecule has 0 spiro atoms. The van der Waals surface area contributed by atoms with Gasteiger partial charge in [-0.05, 0) is 30.4 Å². The van der Waals surface area contributed by atoms with E-state index in [9.17, 15) is 0 Å². The second-order valence-electron chi connectivity index (χ2n) is 6.41. The Morgan fingerprint density at radius 2 is 2.05 bits per heavy atom. The van der Waals surface area contributed by atoms with Crippen LogP contribution in [0.5, 0.6) is 0 Å². The maximum atomic E-state index is 5.85. The van der Waals surface area contributed by atoms with Crippen LogP contribution in [0.15, 0.2) is 30.0 Å². The number of anilines is 1. The Morgan fingerprint density at radius 3 is 2.47 bits per heavy atom. The molecule has 0 saturated carbocycles. The minimum absolute atomic E-state index is 0.0512. The van der Waals surface area contributed by atoms with Gasteiger partial charge in [0.25, 0.3) is 0 Å². The van der Waals surface area contributed by atoms with Crippen LogP contribution < -0.4 is 10.6 Å². The van der Waals surface area contributed by atoms with Crippen LogP contribution in [0.25, 0.3) is 0 Å². The fourth-order valence-electron chi connectivity index (χ4n) is 2.41.